The van der Waals surface area contributed by atoms with Crippen LogP contribution < -0.4 is 10.5 Å². The zero-order chi connectivity index (χ0) is 12.3. The van der Waals surface area contributed by atoms with Gasteiger partial charge in [0.25, 0.3) is 0 Å². The lowest BCUT2D eigenvalue weighted by Gasteiger charge is -2.09. The van der Waals surface area contributed by atoms with Crippen molar-refractivity contribution >= 4 is 10.9 Å². The Bertz CT molecular complexity index is 509. The molecule has 0 aliphatic rings. The second kappa shape index (κ2) is 5.15. The summed E-state index contributed by atoms with van der Waals surface area (Å²) in [4.78, 5) is 4.35. The van der Waals surface area contributed by atoms with Gasteiger partial charge in [-0.25, -0.2) is 0 Å². The maximum atomic E-state index is 5.69. The molecule has 0 atom stereocenters. The van der Waals surface area contributed by atoms with Crippen LogP contribution in [0, 0.1) is 5.92 Å². The number of hydrogen-bond donors (Lipinski definition) is 1. The van der Waals surface area contributed by atoms with E-state index in [9.17, 15) is 0 Å². The topological polar surface area (TPSA) is 48.1 Å². The van der Waals surface area contributed by atoms with E-state index in [0.717, 1.165) is 28.8 Å². The molecular formula is C14H18N2O. The molecule has 1 aromatic carbocycles. The highest BCUT2D eigenvalue weighted by Gasteiger charge is 2.01. The number of nitrogens with two attached hydrogens (primary N) is 1. The third-order valence-electron chi connectivity index (χ3n) is 2.53. The van der Waals surface area contributed by atoms with Crippen LogP contribution in [-0.2, 0) is 6.54 Å². The van der Waals surface area contributed by atoms with E-state index in [4.69, 9.17) is 10.5 Å². The largest absolute Gasteiger partial charge is 0.493 e. The molecule has 0 amide bonds. The molecule has 0 fully saturated rings. The summed E-state index contributed by atoms with van der Waals surface area (Å²) in [6.45, 7) is 5.51. The number of hydrogen-bond acceptors (Lipinski definition) is 3. The van der Waals surface area contributed by atoms with Crippen LogP contribution in [0.15, 0.2) is 30.5 Å². The molecule has 2 rings (SSSR count). The number of rotatable bonds is 4. The Hall–Kier alpha value is -1.61. The molecule has 2 aromatic rings. The lowest BCUT2D eigenvalue weighted by Crippen LogP contribution is -2.04. The fourth-order valence-electron chi connectivity index (χ4n) is 1.62. The van der Waals surface area contributed by atoms with Gasteiger partial charge >= 0.3 is 0 Å². The van der Waals surface area contributed by atoms with Gasteiger partial charge in [0.1, 0.15) is 5.75 Å². The Balaban J connectivity index is 2.28. The zero-order valence-corrected chi connectivity index (χ0v) is 10.3. The first-order valence-corrected chi connectivity index (χ1v) is 5.90. The summed E-state index contributed by atoms with van der Waals surface area (Å²) >= 11 is 0. The number of pyridine rings is 1. The Morgan fingerprint density at radius 3 is 2.82 bits per heavy atom. The summed E-state index contributed by atoms with van der Waals surface area (Å²) in [5, 5.41) is 1.08. The number of benzene rings is 1. The standard InChI is InChI=1S/C14H18N2O/c1-10(2)9-17-13-3-4-14-12(6-13)5-11(7-15)8-16-14/h3-6,8,10H,7,9,15H2,1-2H3. The molecule has 0 saturated heterocycles. The summed E-state index contributed by atoms with van der Waals surface area (Å²) < 4.78 is 5.69. The fraction of sp³-hybridized carbons (Fsp3) is 0.357. The molecule has 0 aliphatic carbocycles. The van der Waals surface area contributed by atoms with Crippen molar-refractivity contribution in [3.63, 3.8) is 0 Å². The molecule has 0 bridgehead atoms. The van der Waals surface area contributed by atoms with Crippen molar-refractivity contribution in [3.8, 4) is 5.75 Å². The van der Waals surface area contributed by atoms with Gasteiger partial charge in [-0.3, -0.25) is 4.98 Å². The predicted octanol–water partition coefficient (Wildman–Crippen LogP) is 2.73. The van der Waals surface area contributed by atoms with Crippen LogP contribution in [0.25, 0.3) is 10.9 Å². The average Bonchev–Trinajstić information content (AvgIpc) is 2.35. The summed E-state index contributed by atoms with van der Waals surface area (Å²) in [6.07, 6.45) is 1.82. The van der Waals surface area contributed by atoms with E-state index in [0.29, 0.717) is 12.5 Å². The van der Waals surface area contributed by atoms with Gasteiger partial charge < -0.3 is 10.5 Å². The number of aromatic nitrogens is 1. The van der Waals surface area contributed by atoms with Crippen LogP contribution >= 0.6 is 0 Å². The summed E-state index contributed by atoms with van der Waals surface area (Å²) in [5.41, 5.74) is 7.62. The van der Waals surface area contributed by atoms with Crippen LogP contribution in [0.1, 0.15) is 19.4 Å². The normalized spacial score (nSPS) is 11.1. The first-order valence-electron chi connectivity index (χ1n) is 5.90. The first-order chi connectivity index (χ1) is 8.19. The molecule has 17 heavy (non-hydrogen) atoms. The van der Waals surface area contributed by atoms with Gasteiger partial charge in [0.2, 0.25) is 0 Å². The van der Waals surface area contributed by atoms with Gasteiger partial charge in [-0.15, -0.1) is 0 Å². The Labute approximate surface area is 102 Å². The molecule has 1 heterocycles. The minimum Gasteiger partial charge on any atom is -0.493 e. The molecule has 0 spiro atoms. The Kier molecular flexibility index (Phi) is 3.59. The van der Waals surface area contributed by atoms with Crippen molar-refractivity contribution in [1.82, 2.24) is 4.98 Å². The van der Waals surface area contributed by atoms with Gasteiger partial charge in [-0.2, -0.15) is 0 Å². The van der Waals surface area contributed by atoms with Crippen LogP contribution in [0.4, 0.5) is 0 Å². The average molecular weight is 230 g/mol. The Morgan fingerprint density at radius 1 is 1.29 bits per heavy atom. The molecule has 1 aromatic heterocycles. The molecule has 0 aliphatic heterocycles. The van der Waals surface area contributed by atoms with Crippen molar-refractivity contribution < 1.29 is 4.74 Å². The zero-order valence-electron chi connectivity index (χ0n) is 10.3. The molecular weight excluding hydrogens is 212 g/mol. The van der Waals surface area contributed by atoms with Crippen LogP contribution in [0.3, 0.4) is 0 Å². The van der Waals surface area contributed by atoms with Crippen molar-refractivity contribution in [1.29, 1.82) is 0 Å². The molecule has 3 nitrogen and oxygen atoms in total. The molecule has 0 radical (unpaired) electrons. The van der Waals surface area contributed by atoms with Crippen molar-refractivity contribution in [2.75, 3.05) is 6.61 Å². The second-order valence-electron chi connectivity index (χ2n) is 4.61. The van der Waals surface area contributed by atoms with Gasteiger partial charge in [0.15, 0.2) is 0 Å². The van der Waals surface area contributed by atoms with E-state index >= 15 is 0 Å². The lowest BCUT2D eigenvalue weighted by molar-refractivity contribution is 0.271. The molecule has 0 unspecified atom stereocenters. The molecule has 90 valence electrons. The SMILES string of the molecule is CC(C)COc1ccc2ncc(CN)cc2c1. The van der Waals surface area contributed by atoms with Crippen LogP contribution in [0.5, 0.6) is 5.75 Å². The van der Waals surface area contributed by atoms with Crippen molar-refractivity contribution in [2.24, 2.45) is 11.7 Å². The Morgan fingerprint density at radius 2 is 2.12 bits per heavy atom. The maximum Gasteiger partial charge on any atom is 0.120 e. The monoisotopic (exact) mass is 230 g/mol. The minimum atomic E-state index is 0.514. The van der Waals surface area contributed by atoms with E-state index in [1.165, 1.54) is 0 Å². The number of fused-ring (bicyclic) bond motifs is 1. The predicted molar refractivity (Wildman–Crippen MR) is 70.0 cm³/mol. The quantitative estimate of drug-likeness (QED) is 0.878. The van der Waals surface area contributed by atoms with Gasteiger partial charge in [0.05, 0.1) is 12.1 Å². The second-order valence-corrected chi connectivity index (χ2v) is 4.61. The summed E-state index contributed by atoms with van der Waals surface area (Å²) in [6, 6.07) is 8.01. The van der Waals surface area contributed by atoms with Gasteiger partial charge in [-0.05, 0) is 35.7 Å². The summed E-state index contributed by atoms with van der Waals surface area (Å²) in [5.74, 6) is 1.42. The lowest BCUT2D eigenvalue weighted by atomic mass is 10.1. The third kappa shape index (κ3) is 2.94. The van der Waals surface area contributed by atoms with E-state index in [-0.39, 0.29) is 0 Å². The minimum absolute atomic E-state index is 0.514. The van der Waals surface area contributed by atoms with Crippen molar-refractivity contribution in [3.05, 3.63) is 36.0 Å². The van der Waals surface area contributed by atoms with E-state index in [1.807, 2.05) is 24.4 Å². The fourth-order valence-corrected chi connectivity index (χ4v) is 1.62. The van der Waals surface area contributed by atoms with Crippen LogP contribution in [-0.4, -0.2) is 11.6 Å². The maximum absolute atomic E-state index is 5.69. The highest BCUT2D eigenvalue weighted by molar-refractivity contribution is 5.80. The molecule has 2 N–H and O–H groups in total. The smallest absolute Gasteiger partial charge is 0.120 e. The number of ether oxygens (including phenoxy) is 1. The highest BCUT2D eigenvalue weighted by Crippen LogP contribution is 2.20. The number of nitrogens with zero attached hydrogens (tertiary/aromatic N) is 1. The van der Waals surface area contributed by atoms with E-state index in [2.05, 4.69) is 24.9 Å². The van der Waals surface area contributed by atoms with Gasteiger partial charge in [0, 0.05) is 18.1 Å². The first kappa shape index (κ1) is 11.9. The van der Waals surface area contributed by atoms with E-state index < -0.39 is 0 Å². The highest BCUT2D eigenvalue weighted by atomic mass is 16.5. The molecule has 0 saturated carbocycles. The third-order valence-corrected chi connectivity index (χ3v) is 2.53. The van der Waals surface area contributed by atoms with Crippen LogP contribution in [0.2, 0.25) is 0 Å². The van der Waals surface area contributed by atoms with E-state index in [1.54, 1.807) is 0 Å². The van der Waals surface area contributed by atoms with Crippen molar-refractivity contribution in [2.45, 2.75) is 20.4 Å². The molecule has 3 heteroatoms. The summed E-state index contributed by atoms with van der Waals surface area (Å²) in [7, 11) is 0. The van der Waals surface area contributed by atoms with Gasteiger partial charge in [-0.1, -0.05) is 13.8 Å².